The van der Waals surface area contributed by atoms with Crippen LogP contribution in [0, 0.1) is 0 Å². The molecule has 1 aliphatic rings. The summed E-state index contributed by atoms with van der Waals surface area (Å²) in [6, 6.07) is 0.666. The molecule has 0 aromatic rings. The zero-order chi connectivity index (χ0) is 6.69. The van der Waals surface area contributed by atoms with Gasteiger partial charge in [0, 0.05) is 13.1 Å². The smallest absolute Gasteiger partial charge is 0.0238 e. The van der Waals surface area contributed by atoms with E-state index in [2.05, 4.69) is 0 Å². The molecular formula is C7H17ClN2. The van der Waals surface area contributed by atoms with Crippen LogP contribution < -0.4 is 5.84 Å². The number of nitrogens with two attached hydrogens (primary N) is 1. The molecule has 1 rings (SSSR count). The van der Waals surface area contributed by atoms with Gasteiger partial charge < -0.3 is 0 Å². The van der Waals surface area contributed by atoms with Crippen LogP contribution in [0.1, 0.15) is 32.1 Å². The lowest BCUT2D eigenvalue weighted by Crippen LogP contribution is -2.38. The van der Waals surface area contributed by atoms with Crippen LogP contribution in [0.25, 0.3) is 0 Å². The van der Waals surface area contributed by atoms with Crippen molar-refractivity contribution in [1.29, 1.82) is 0 Å². The Hall–Kier alpha value is 0.210. The zero-order valence-electron chi connectivity index (χ0n) is 6.55. The van der Waals surface area contributed by atoms with Gasteiger partial charge in [0.1, 0.15) is 0 Å². The second-order valence-electron chi connectivity index (χ2n) is 2.96. The monoisotopic (exact) mass is 164 g/mol. The van der Waals surface area contributed by atoms with Crippen molar-refractivity contribution in [3.63, 3.8) is 0 Å². The molecule has 1 fully saturated rings. The normalized spacial score (nSPS) is 20.7. The van der Waals surface area contributed by atoms with E-state index in [0.29, 0.717) is 6.04 Å². The van der Waals surface area contributed by atoms with Gasteiger partial charge in [0.15, 0.2) is 0 Å². The Morgan fingerprint density at radius 2 is 1.70 bits per heavy atom. The molecule has 0 aromatic heterocycles. The van der Waals surface area contributed by atoms with Gasteiger partial charge in [-0.25, -0.2) is 5.01 Å². The standard InChI is InChI=1S/C7H16N2.ClH/c1-9(8)7-5-3-2-4-6-7;/h7H,2-6,8H2,1H3;1H. The predicted octanol–water partition coefficient (Wildman–Crippen LogP) is 1.55. The molecule has 1 saturated carbocycles. The molecule has 2 N–H and O–H groups in total. The van der Waals surface area contributed by atoms with Crippen molar-refractivity contribution in [2.45, 2.75) is 38.1 Å². The van der Waals surface area contributed by atoms with E-state index in [-0.39, 0.29) is 12.4 Å². The number of hydrogen-bond donors (Lipinski definition) is 1. The lowest BCUT2D eigenvalue weighted by molar-refractivity contribution is 0.195. The van der Waals surface area contributed by atoms with Gasteiger partial charge in [-0.3, -0.25) is 5.84 Å². The van der Waals surface area contributed by atoms with E-state index >= 15 is 0 Å². The highest BCUT2D eigenvalue weighted by Crippen LogP contribution is 2.19. The first-order chi connectivity index (χ1) is 4.30. The molecule has 0 atom stereocenters. The number of rotatable bonds is 1. The molecule has 0 aromatic carbocycles. The lowest BCUT2D eigenvalue weighted by atomic mass is 9.95. The van der Waals surface area contributed by atoms with Gasteiger partial charge >= 0.3 is 0 Å². The lowest BCUT2D eigenvalue weighted by Gasteiger charge is -2.27. The Morgan fingerprint density at radius 3 is 2.00 bits per heavy atom. The summed E-state index contributed by atoms with van der Waals surface area (Å²) in [7, 11) is 1.97. The van der Waals surface area contributed by atoms with Gasteiger partial charge in [-0.15, -0.1) is 12.4 Å². The summed E-state index contributed by atoms with van der Waals surface area (Å²) >= 11 is 0. The molecule has 1 aliphatic carbocycles. The fourth-order valence-corrected chi connectivity index (χ4v) is 1.49. The van der Waals surface area contributed by atoms with Crippen molar-refractivity contribution in [2.75, 3.05) is 7.05 Å². The minimum absolute atomic E-state index is 0. The second-order valence-corrected chi connectivity index (χ2v) is 2.96. The fraction of sp³-hybridized carbons (Fsp3) is 1.00. The third-order valence-corrected chi connectivity index (χ3v) is 2.15. The van der Waals surface area contributed by atoms with Gasteiger partial charge in [-0.1, -0.05) is 19.3 Å². The SMILES string of the molecule is CN(N)C1CCCCC1.Cl. The van der Waals surface area contributed by atoms with E-state index in [9.17, 15) is 0 Å². The Kier molecular flexibility index (Phi) is 5.04. The van der Waals surface area contributed by atoms with Crippen molar-refractivity contribution < 1.29 is 0 Å². The molecule has 0 spiro atoms. The largest absolute Gasteiger partial charge is 0.269 e. The quantitative estimate of drug-likeness (QED) is 0.471. The van der Waals surface area contributed by atoms with Crippen LogP contribution in [0.4, 0.5) is 0 Å². The summed E-state index contributed by atoms with van der Waals surface area (Å²) in [5.74, 6) is 5.60. The molecule has 10 heavy (non-hydrogen) atoms. The van der Waals surface area contributed by atoms with E-state index in [1.54, 1.807) is 0 Å². The summed E-state index contributed by atoms with van der Waals surface area (Å²) < 4.78 is 0. The Balaban J connectivity index is 0.000000810. The average Bonchev–Trinajstić information content (AvgIpc) is 1.90. The Morgan fingerprint density at radius 1 is 1.20 bits per heavy atom. The number of hydrogen-bond acceptors (Lipinski definition) is 2. The average molecular weight is 165 g/mol. The van der Waals surface area contributed by atoms with Crippen molar-refractivity contribution in [3.05, 3.63) is 0 Å². The highest BCUT2D eigenvalue weighted by Gasteiger charge is 2.14. The molecule has 0 heterocycles. The van der Waals surface area contributed by atoms with Gasteiger partial charge in [0.05, 0.1) is 0 Å². The molecule has 0 saturated heterocycles. The maximum absolute atomic E-state index is 5.60. The summed E-state index contributed by atoms with van der Waals surface area (Å²) in [6.07, 6.45) is 6.74. The molecular weight excluding hydrogens is 148 g/mol. The maximum atomic E-state index is 5.60. The van der Waals surface area contributed by atoms with Crippen LogP contribution >= 0.6 is 12.4 Å². The Bertz CT molecular complexity index is 79.7. The molecule has 0 bridgehead atoms. The van der Waals surface area contributed by atoms with Crippen molar-refractivity contribution >= 4 is 12.4 Å². The van der Waals surface area contributed by atoms with E-state index in [1.165, 1.54) is 32.1 Å². The van der Waals surface area contributed by atoms with Gasteiger partial charge in [-0.2, -0.15) is 0 Å². The summed E-state index contributed by atoms with van der Waals surface area (Å²) in [6.45, 7) is 0. The van der Waals surface area contributed by atoms with Crippen LogP contribution in [0.5, 0.6) is 0 Å². The summed E-state index contributed by atoms with van der Waals surface area (Å²) in [4.78, 5) is 0. The van der Waals surface area contributed by atoms with E-state index < -0.39 is 0 Å². The molecule has 0 unspecified atom stereocenters. The zero-order valence-corrected chi connectivity index (χ0v) is 7.36. The third kappa shape index (κ3) is 2.86. The molecule has 2 nitrogen and oxygen atoms in total. The van der Waals surface area contributed by atoms with Crippen LogP contribution in [0.2, 0.25) is 0 Å². The van der Waals surface area contributed by atoms with Gasteiger partial charge in [0.25, 0.3) is 0 Å². The topological polar surface area (TPSA) is 29.3 Å². The van der Waals surface area contributed by atoms with Gasteiger partial charge in [0.2, 0.25) is 0 Å². The molecule has 62 valence electrons. The van der Waals surface area contributed by atoms with E-state index in [1.807, 2.05) is 12.1 Å². The second kappa shape index (κ2) is 4.94. The first-order valence-electron chi connectivity index (χ1n) is 3.78. The first kappa shape index (κ1) is 10.2. The highest BCUT2D eigenvalue weighted by atomic mass is 35.5. The van der Waals surface area contributed by atoms with Gasteiger partial charge in [-0.05, 0) is 12.8 Å². The third-order valence-electron chi connectivity index (χ3n) is 2.15. The molecule has 0 aliphatic heterocycles. The number of hydrazine groups is 1. The van der Waals surface area contributed by atoms with Crippen LogP contribution in [0.15, 0.2) is 0 Å². The first-order valence-corrected chi connectivity index (χ1v) is 3.78. The Labute approximate surface area is 69.1 Å². The number of nitrogens with zero attached hydrogens (tertiary/aromatic N) is 1. The van der Waals surface area contributed by atoms with Crippen LogP contribution in [-0.2, 0) is 0 Å². The van der Waals surface area contributed by atoms with Crippen molar-refractivity contribution in [3.8, 4) is 0 Å². The van der Waals surface area contributed by atoms with Crippen molar-refractivity contribution in [1.82, 2.24) is 5.01 Å². The van der Waals surface area contributed by atoms with E-state index in [4.69, 9.17) is 5.84 Å². The predicted molar refractivity (Wildman–Crippen MR) is 46.1 cm³/mol. The molecule has 3 heteroatoms. The fourth-order valence-electron chi connectivity index (χ4n) is 1.49. The van der Waals surface area contributed by atoms with Crippen molar-refractivity contribution in [2.24, 2.45) is 5.84 Å². The minimum Gasteiger partial charge on any atom is -0.269 e. The molecule has 0 amide bonds. The highest BCUT2D eigenvalue weighted by molar-refractivity contribution is 5.85. The summed E-state index contributed by atoms with van der Waals surface area (Å²) in [5.41, 5.74) is 0. The van der Waals surface area contributed by atoms with Crippen LogP contribution in [0.3, 0.4) is 0 Å². The minimum atomic E-state index is 0. The number of halogens is 1. The molecule has 0 radical (unpaired) electrons. The summed E-state index contributed by atoms with van der Waals surface area (Å²) in [5, 5.41) is 1.86. The maximum Gasteiger partial charge on any atom is 0.0238 e. The van der Waals surface area contributed by atoms with E-state index in [0.717, 1.165) is 0 Å². The van der Waals surface area contributed by atoms with Crippen LogP contribution in [-0.4, -0.2) is 18.1 Å².